The van der Waals surface area contributed by atoms with Gasteiger partial charge in [0.1, 0.15) is 17.4 Å². The number of carbonyl (C=O) groups excluding carboxylic acids is 1. The number of hydrogen-bond acceptors (Lipinski definition) is 4. The van der Waals surface area contributed by atoms with Crippen LogP contribution in [0.2, 0.25) is 10.0 Å². The van der Waals surface area contributed by atoms with Crippen LogP contribution in [0.1, 0.15) is 35.5 Å². The first-order valence-electron chi connectivity index (χ1n) is 7.40. The van der Waals surface area contributed by atoms with Gasteiger partial charge >= 0.3 is 0 Å². The van der Waals surface area contributed by atoms with E-state index in [9.17, 15) is 9.90 Å². The van der Waals surface area contributed by atoms with Crippen molar-refractivity contribution in [1.82, 2.24) is 20.1 Å². The number of amides is 1. The largest absolute Gasteiger partial charge is 0.508 e. The van der Waals surface area contributed by atoms with Gasteiger partial charge in [-0.25, -0.2) is 0 Å². The molecule has 120 valence electrons. The average Bonchev–Trinajstić information content (AvgIpc) is 3.19. The third-order valence-electron chi connectivity index (χ3n) is 4.55. The number of hydrogen-bond donors (Lipinski definition) is 2. The third kappa shape index (κ3) is 2.37. The highest BCUT2D eigenvalue weighted by Gasteiger charge is 2.35. The van der Waals surface area contributed by atoms with Crippen LogP contribution in [-0.4, -0.2) is 32.3 Å². The number of benzene rings is 1. The summed E-state index contributed by atoms with van der Waals surface area (Å²) in [6.45, 7) is 1.21. The van der Waals surface area contributed by atoms with Gasteiger partial charge in [-0.05, 0) is 12.1 Å². The van der Waals surface area contributed by atoms with Crippen LogP contribution >= 0.6 is 23.2 Å². The van der Waals surface area contributed by atoms with Crippen LogP contribution in [0.5, 0.6) is 5.75 Å². The molecule has 2 aliphatic rings. The maximum absolute atomic E-state index is 11.4. The molecule has 4 rings (SSSR count). The van der Waals surface area contributed by atoms with Gasteiger partial charge in [-0.3, -0.25) is 4.79 Å². The smallest absolute Gasteiger partial charge is 0.220 e. The molecule has 1 saturated heterocycles. The summed E-state index contributed by atoms with van der Waals surface area (Å²) in [5.74, 6) is 1.89. The fraction of sp³-hybridized carbons (Fsp3) is 0.400. The van der Waals surface area contributed by atoms with Gasteiger partial charge in [0.25, 0.3) is 0 Å². The monoisotopic (exact) mass is 352 g/mol. The SMILES string of the molecule is O=C1C[C@H](c2nnc3n2C[C@H](c2c(O)ccc(Cl)c2Cl)C3)CN1. The first-order valence-corrected chi connectivity index (χ1v) is 8.15. The van der Waals surface area contributed by atoms with Crippen molar-refractivity contribution in [2.75, 3.05) is 6.54 Å². The number of aromatic hydroxyl groups is 1. The number of fused-ring (bicyclic) bond motifs is 1. The lowest BCUT2D eigenvalue weighted by molar-refractivity contribution is -0.119. The van der Waals surface area contributed by atoms with Crippen LogP contribution in [0.15, 0.2) is 12.1 Å². The molecule has 1 fully saturated rings. The van der Waals surface area contributed by atoms with E-state index in [1.165, 1.54) is 0 Å². The Morgan fingerprint density at radius 2 is 2.04 bits per heavy atom. The van der Waals surface area contributed by atoms with Crippen LogP contribution in [0.3, 0.4) is 0 Å². The van der Waals surface area contributed by atoms with E-state index in [4.69, 9.17) is 23.2 Å². The van der Waals surface area contributed by atoms with Crippen LogP contribution in [-0.2, 0) is 17.8 Å². The maximum atomic E-state index is 11.4. The minimum absolute atomic E-state index is 0.00415. The fourth-order valence-electron chi connectivity index (χ4n) is 3.43. The normalized spacial score (nSPS) is 23.1. The Hall–Kier alpha value is -1.79. The van der Waals surface area contributed by atoms with E-state index in [1.807, 2.05) is 4.57 Å². The maximum Gasteiger partial charge on any atom is 0.220 e. The molecule has 0 spiro atoms. The quantitative estimate of drug-likeness (QED) is 0.868. The molecule has 2 N–H and O–H groups in total. The first-order chi connectivity index (χ1) is 11.0. The third-order valence-corrected chi connectivity index (χ3v) is 5.37. The number of halogens is 2. The summed E-state index contributed by atoms with van der Waals surface area (Å²) in [5.41, 5.74) is 0.649. The lowest BCUT2D eigenvalue weighted by Crippen LogP contribution is -2.15. The van der Waals surface area contributed by atoms with E-state index in [1.54, 1.807) is 12.1 Å². The zero-order valence-electron chi connectivity index (χ0n) is 12.1. The van der Waals surface area contributed by atoms with Gasteiger partial charge in [0, 0.05) is 43.3 Å². The molecular weight excluding hydrogens is 339 g/mol. The molecule has 8 heteroatoms. The lowest BCUT2D eigenvalue weighted by atomic mass is 9.96. The van der Waals surface area contributed by atoms with Crippen LogP contribution in [0.4, 0.5) is 0 Å². The highest BCUT2D eigenvalue weighted by atomic mass is 35.5. The van der Waals surface area contributed by atoms with Crippen molar-refractivity contribution in [1.29, 1.82) is 0 Å². The van der Waals surface area contributed by atoms with Crippen molar-refractivity contribution >= 4 is 29.1 Å². The van der Waals surface area contributed by atoms with E-state index in [0.717, 1.165) is 11.6 Å². The van der Waals surface area contributed by atoms with Gasteiger partial charge in [0.15, 0.2) is 0 Å². The highest BCUT2D eigenvalue weighted by molar-refractivity contribution is 6.42. The number of phenolic OH excluding ortho intramolecular Hbond substituents is 1. The molecule has 0 bridgehead atoms. The number of phenols is 1. The number of aromatic nitrogens is 3. The number of nitrogens with one attached hydrogen (secondary N) is 1. The van der Waals surface area contributed by atoms with Crippen molar-refractivity contribution < 1.29 is 9.90 Å². The molecule has 0 aliphatic carbocycles. The van der Waals surface area contributed by atoms with Crippen molar-refractivity contribution in [2.45, 2.75) is 31.2 Å². The number of nitrogens with zero attached hydrogens (tertiary/aromatic N) is 3. The van der Waals surface area contributed by atoms with Gasteiger partial charge in [0.2, 0.25) is 5.91 Å². The summed E-state index contributed by atoms with van der Waals surface area (Å²) < 4.78 is 2.03. The molecule has 3 heterocycles. The second kappa shape index (κ2) is 5.39. The molecule has 23 heavy (non-hydrogen) atoms. The molecule has 2 aliphatic heterocycles. The Bertz CT molecular complexity index is 805. The summed E-state index contributed by atoms with van der Waals surface area (Å²) in [7, 11) is 0. The fourth-order valence-corrected chi connectivity index (χ4v) is 3.91. The summed E-state index contributed by atoms with van der Waals surface area (Å²) in [4.78, 5) is 11.4. The predicted octanol–water partition coefficient (Wildman–Crippen LogP) is 2.23. The van der Waals surface area contributed by atoms with Crippen molar-refractivity contribution in [3.8, 4) is 5.75 Å². The molecule has 0 unspecified atom stereocenters. The molecule has 6 nitrogen and oxygen atoms in total. The molecular formula is C15H14Cl2N4O2. The minimum atomic E-state index is -0.00415. The Kier molecular flexibility index (Phi) is 3.46. The minimum Gasteiger partial charge on any atom is -0.508 e. The van der Waals surface area contributed by atoms with Crippen LogP contribution in [0, 0.1) is 0 Å². The molecule has 0 saturated carbocycles. The second-order valence-corrected chi connectivity index (χ2v) is 6.77. The van der Waals surface area contributed by atoms with Gasteiger partial charge in [0.05, 0.1) is 10.0 Å². The number of carbonyl (C=O) groups is 1. The highest BCUT2D eigenvalue weighted by Crippen LogP contribution is 2.42. The Labute approximate surface area is 142 Å². The van der Waals surface area contributed by atoms with E-state index in [-0.39, 0.29) is 23.5 Å². The molecule has 0 radical (unpaired) electrons. The molecule has 1 aromatic carbocycles. The van der Waals surface area contributed by atoms with E-state index < -0.39 is 0 Å². The summed E-state index contributed by atoms with van der Waals surface area (Å²) in [6, 6.07) is 3.14. The van der Waals surface area contributed by atoms with E-state index >= 15 is 0 Å². The van der Waals surface area contributed by atoms with Crippen molar-refractivity contribution in [3.63, 3.8) is 0 Å². The van der Waals surface area contributed by atoms with Crippen molar-refractivity contribution in [2.24, 2.45) is 0 Å². The van der Waals surface area contributed by atoms with E-state index in [0.29, 0.717) is 41.5 Å². The first kappa shape index (κ1) is 14.8. The zero-order chi connectivity index (χ0) is 16.1. The Morgan fingerprint density at radius 3 is 2.78 bits per heavy atom. The molecule has 2 atom stereocenters. The Morgan fingerprint density at radius 1 is 1.22 bits per heavy atom. The summed E-state index contributed by atoms with van der Waals surface area (Å²) >= 11 is 12.4. The standard InChI is InChI=1S/C15H14Cl2N4O2/c16-9-1-2-10(22)13(14(9)17)8-3-11-19-20-15(21(11)6-8)7-4-12(23)18-5-7/h1-2,7-8,22H,3-6H2,(H,18,23)/t7-,8+/m0/s1. The molecule has 1 aromatic heterocycles. The molecule has 2 aromatic rings. The van der Waals surface area contributed by atoms with Crippen molar-refractivity contribution in [3.05, 3.63) is 39.4 Å². The van der Waals surface area contributed by atoms with Gasteiger partial charge in [-0.2, -0.15) is 0 Å². The average molecular weight is 353 g/mol. The second-order valence-electron chi connectivity index (χ2n) is 5.99. The Balaban J connectivity index is 1.66. The molecule has 1 amide bonds. The van der Waals surface area contributed by atoms with Gasteiger partial charge < -0.3 is 15.0 Å². The topological polar surface area (TPSA) is 80.0 Å². The summed E-state index contributed by atoms with van der Waals surface area (Å²) in [6.07, 6.45) is 1.07. The number of rotatable bonds is 2. The van der Waals surface area contributed by atoms with Gasteiger partial charge in [-0.15, -0.1) is 10.2 Å². The van der Waals surface area contributed by atoms with Crippen LogP contribution < -0.4 is 5.32 Å². The zero-order valence-corrected chi connectivity index (χ0v) is 13.6. The lowest BCUT2D eigenvalue weighted by Gasteiger charge is -2.15. The van der Waals surface area contributed by atoms with E-state index in [2.05, 4.69) is 15.5 Å². The predicted molar refractivity (Wildman–Crippen MR) is 85.0 cm³/mol. The van der Waals surface area contributed by atoms with Crippen LogP contribution in [0.25, 0.3) is 0 Å². The van der Waals surface area contributed by atoms with Gasteiger partial charge in [-0.1, -0.05) is 23.2 Å². The summed E-state index contributed by atoms with van der Waals surface area (Å²) in [5, 5.41) is 22.3.